The van der Waals surface area contributed by atoms with Gasteiger partial charge in [0.15, 0.2) is 0 Å². The van der Waals surface area contributed by atoms with Crippen LogP contribution in [-0.4, -0.2) is 0 Å². The van der Waals surface area contributed by atoms with Crippen molar-refractivity contribution in [2.45, 2.75) is 0 Å². The van der Waals surface area contributed by atoms with Gasteiger partial charge in [0.2, 0.25) is 0 Å². The molecule has 2 aromatic rings. The molecule has 0 aliphatic carbocycles. The minimum atomic E-state index is 0.762. The zero-order valence-electron chi connectivity index (χ0n) is 8.15. The quantitative estimate of drug-likeness (QED) is 0.652. The van der Waals surface area contributed by atoms with Crippen molar-refractivity contribution < 1.29 is 0 Å². The molecule has 2 aromatic carbocycles. The van der Waals surface area contributed by atoms with Crippen LogP contribution >= 0.6 is 11.6 Å². The first-order chi connectivity index (χ1) is 7.34. The standard InChI is InChI=1S/C14H10Cl/c15-14-10-8-13(9-11-14)7-6-12-4-2-1-3-5-12/h1-4,6-11H. The summed E-state index contributed by atoms with van der Waals surface area (Å²) in [4.78, 5) is 0. The molecular formula is C14H10Cl. The Kier molecular flexibility index (Phi) is 3.21. The summed E-state index contributed by atoms with van der Waals surface area (Å²) in [6.07, 6.45) is 4.07. The maximum absolute atomic E-state index is 5.80. The van der Waals surface area contributed by atoms with E-state index in [0.29, 0.717) is 0 Å². The average Bonchev–Trinajstić information content (AvgIpc) is 2.30. The van der Waals surface area contributed by atoms with E-state index in [9.17, 15) is 0 Å². The lowest BCUT2D eigenvalue weighted by Gasteiger charge is -1.94. The maximum atomic E-state index is 5.80. The van der Waals surface area contributed by atoms with Crippen molar-refractivity contribution in [1.82, 2.24) is 0 Å². The summed E-state index contributed by atoms with van der Waals surface area (Å²) in [7, 11) is 0. The van der Waals surface area contributed by atoms with Crippen molar-refractivity contribution in [3.63, 3.8) is 0 Å². The van der Waals surface area contributed by atoms with Gasteiger partial charge in [-0.3, -0.25) is 0 Å². The second kappa shape index (κ2) is 4.81. The number of benzene rings is 2. The lowest BCUT2D eigenvalue weighted by molar-refractivity contribution is 1.63. The van der Waals surface area contributed by atoms with E-state index >= 15 is 0 Å². The average molecular weight is 214 g/mol. The molecule has 0 nitrogen and oxygen atoms in total. The van der Waals surface area contributed by atoms with Crippen LogP contribution in [0.4, 0.5) is 0 Å². The van der Waals surface area contributed by atoms with Crippen molar-refractivity contribution in [3.05, 3.63) is 70.7 Å². The van der Waals surface area contributed by atoms with E-state index in [-0.39, 0.29) is 0 Å². The Bertz CT molecular complexity index is 441. The fourth-order valence-corrected chi connectivity index (χ4v) is 1.40. The Labute approximate surface area is 94.8 Å². The molecule has 1 heteroatoms. The van der Waals surface area contributed by atoms with Crippen LogP contribution in [0.25, 0.3) is 12.2 Å². The van der Waals surface area contributed by atoms with Gasteiger partial charge in [-0.2, -0.15) is 0 Å². The van der Waals surface area contributed by atoms with Gasteiger partial charge in [-0.25, -0.2) is 0 Å². The van der Waals surface area contributed by atoms with Crippen LogP contribution in [-0.2, 0) is 0 Å². The van der Waals surface area contributed by atoms with E-state index in [0.717, 1.165) is 16.1 Å². The number of halogens is 1. The molecule has 0 unspecified atom stereocenters. The minimum absolute atomic E-state index is 0.762. The Morgan fingerprint density at radius 3 is 2.40 bits per heavy atom. The fraction of sp³-hybridized carbons (Fsp3) is 0. The molecule has 0 aliphatic heterocycles. The molecule has 2 rings (SSSR count). The van der Waals surface area contributed by atoms with E-state index in [2.05, 4.69) is 6.07 Å². The second-order valence-electron chi connectivity index (χ2n) is 3.20. The van der Waals surface area contributed by atoms with Crippen molar-refractivity contribution in [3.8, 4) is 0 Å². The molecule has 1 radical (unpaired) electrons. The van der Waals surface area contributed by atoms with Gasteiger partial charge in [0, 0.05) is 5.02 Å². The maximum Gasteiger partial charge on any atom is 0.0406 e. The van der Waals surface area contributed by atoms with Crippen LogP contribution < -0.4 is 0 Å². The van der Waals surface area contributed by atoms with Crippen LogP contribution in [0, 0.1) is 6.07 Å². The SMILES string of the molecule is Clc1ccc(C=Cc2[c]cccc2)cc1. The molecule has 15 heavy (non-hydrogen) atoms. The number of rotatable bonds is 2. The third-order valence-electron chi connectivity index (χ3n) is 2.06. The predicted octanol–water partition coefficient (Wildman–Crippen LogP) is 4.31. The topological polar surface area (TPSA) is 0 Å². The molecule has 0 aromatic heterocycles. The highest BCUT2D eigenvalue weighted by molar-refractivity contribution is 6.30. The Morgan fingerprint density at radius 1 is 0.933 bits per heavy atom. The zero-order valence-corrected chi connectivity index (χ0v) is 8.91. The largest absolute Gasteiger partial charge is 0.0843 e. The van der Waals surface area contributed by atoms with Gasteiger partial charge in [0.25, 0.3) is 0 Å². The van der Waals surface area contributed by atoms with Gasteiger partial charge in [0.1, 0.15) is 0 Å². The summed E-state index contributed by atoms with van der Waals surface area (Å²) in [6.45, 7) is 0. The molecule has 0 bridgehead atoms. The Balaban J connectivity index is 2.15. The summed E-state index contributed by atoms with van der Waals surface area (Å²) < 4.78 is 0. The summed E-state index contributed by atoms with van der Waals surface area (Å²) in [5.41, 5.74) is 2.21. The summed E-state index contributed by atoms with van der Waals surface area (Å²) in [5, 5.41) is 0.762. The molecule has 0 fully saturated rings. The van der Waals surface area contributed by atoms with Gasteiger partial charge >= 0.3 is 0 Å². The van der Waals surface area contributed by atoms with Crippen LogP contribution in [0.3, 0.4) is 0 Å². The van der Waals surface area contributed by atoms with Gasteiger partial charge < -0.3 is 0 Å². The highest BCUT2D eigenvalue weighted by atomic mass is 35.5. The summed E-state index contributed by atoms with van der Waals surface area (Å²) >= 11 is 5.80. The highest BCUT2D eigenvalue weighted by Gasteiger charge is 1.88. The molecule has 0 N–H and O–H groups in total. The molecular weight excluding hydrogens is 204 g/mol. The highest BCUT2D eigenvalue weighted by Crippen LogP contribution is 2.12. The van der Waals surface area contributed by atoms with Crippen molar-refractivity contribution in [2.75, 3.05) is 0 Å². The third kappa shape index (κ3) is 2.97. The van der Waals surface area contributed by atoms with Gasteiger partial charge in [-0.15, -0.1) is 0 Å². The third-order valence-corrected chi connectivity index (χ3v) is 2.31. The minimum Gasteiger partial charge on any atom is -0.0843 e. The predicted molar refractivity (Wildman–Crippen MR) is 65.7 cm³/mol. The summed E-state index contributed by atoms with van der Waals surface area (Å²) in [5.74, 6) is 0. The van der Waals surface area contributed by atoms with Crippen LogP contribution in [0.15, 0.2) is 48.5 Å². The number of hydrogen-bond acceptors (Lipinski definition) is 0. The lowest BCUT2D eigenvalue weighted by atomic mass is 10.1. The van der Waals surface area contributed by atoms with Gasteiger partial charge in [-0.1, -0.05) is 60.2 Å². The normalized spacial score (nSPS) is 10.7. The molecule has 0 saturated heterocycles. The van der Waals surface area contributed by atoms with E-state index < -0.39 is 0 Å². The molecule has 0 spiro atoms. The summed E-state index contributed by atoms with van der Waals surface area (Å²) in [6, 6.07) is 18.8. The monoisotopic (exact) mass is 213 g/mol. The first-order valence-electron chi connectivity index (χ1n) is 4.75. The van der Waals surface area contributed by atoms with Crippen LogP contribution in [0.1, 0.15) is 11.1 Å². The van der Waals surface area contributed by atoms with E-state index in [1.807, 2.05) is 60.7 Å². The van der Waals surface area contributed by atoms with Gasteiger partial charge in [0.05, 0.1) is 0 Å². The zero-order chi connectivity index (χ0) is 10.5. The molecule has 0 atom stereocenters. The van der Waals surface area contributed by atoms with E-state index in [1.54, 1.807) is 0 Å². The van der Waals surface area contributed by atoms with Gasteiger partial charge in [-0.05, 0) is 29.3 Å². The van der Waals surface area contributed by atoms with Crippen LogP contribution in [0.5, 0.6) is 0 Å². The molecule has 0 aliphatic rings. The van der Waals surface area contributed by atoms with E-state index in [1.165, 1.54) is 0 Å². The fourth-order valence-electron chi connectivity index (χ4n) is 1.27. The Morgan fingerprint density at radius 2 is 1.73 bits per heavy atom. The second-order valence-corrected chi connectivity index (χ2v) is 3.64. The van der Waals surface area contributed by atoms with Crippen LogP contribution in [0.2, 0.25) is 5.02 Å². The Hall–Kier alpha value is -1.53. The number of hydrogen-bond donors (Lipinski definition) is 0. The smallest absolute Gasteiger partial charge is 0.0406 e. The molecule has 73 valence electrons. The molecule has 0 saturated carbocycles. The molecule has 0 heterocycles. The first kappa shape index (κ1) is 10.0. The molecule has 0 amide bonds. The van der Waals surface area contributed by atoms with Crippen molar-refractivity contribution >= 4 is 23.8 Å². The lowest BCUT2D eigenvalue weighted by Crippen LogP contribution is -1.72. The first-order valence-corrected chi connectivity index (χ1v) is 5.13. The van der Waals surface area contributed by atoms with Crippen molar-refractivity contribution in [1.29, 1.82) is 0 Å². The van der Waals surface area contributed by atoms with E-state index in [4.69, 9.17) is 11.6 Å². The van der Waals surface area contributed by atoms with Crippen molar-refractivity contribution in [2.24, 2.45) is 0 Å².